The van der Waals surface area contributed by atoms with Crippen molar-refractivity contribution in [1.82, 2.24) is 14.3 Å². The van der Waals surface area contributed by atoms with E-state index in [4.69, 9.17) is 11.6 Å². The lowest BCUT2D eigenvalue weighted by atomic mass is 9.92. The number of benzene rings is 2. The van der Waals surface area contributed by atoms with Crippen molar-refractivity contribution in [3.8, 4) is 0 Å². The number of amides is 1. The van der Waals surface area contributed by atoms with Gasteiger partial charge >= 0.3 is 0 Å². The molecule has 1 atom stereocenters. The number of hydrogen-bond acceptors (Lipinski definition) is 3. The number of fused-ring (bicyclic) bond motifs is 1. The molecule has 0 N–H and O–H groups in total. The zero-order chi connectivity index (χ0) is 22.8. The molecule has 3 heterocycles. The summed E-state index contributed by atoms with van der Waals surface area (Å²) in [6.07, 6.45) is 3.97. The predicted molar refractivity (Wildman–Crippen MR) is 128 cm³/mol. The Balaban J connectivity index is 1.36. The van der Waals surface area contributed by atoms with Gasteiger partial charge in [-0.05, 0) is 48.0 Å². The quantitative estimate of drug-likeness (QED) is 0.419. The van der Waals surface area contributed by atoms with Gasteiger partial charge in [-0.15, -0.1) is 0 Å². The van der Waals surface area contributed by atoms with Crippen molar-refractivity contribution in [3.05, 3.63) is 101 Å². The molecule has 4 aromatic rings. The number of rotatable bonds is 5. The summed E-state index contributed by atoms with van der Waals surface area (Å²) in [5.74, 6) is -0.550. The zero-order valence-corrected chi connectivity index (χ0v) is 18.8. The van der Waals surface area contributed by atoms with E-state index >= 15 is 0 Å². The molecule has 1 fully saturated rings. The molecule has 33 heavy (non-hydrogen) atoms. The van der Waals surface area contributed by atoms with Gasteiger partial charge in [0.25, 0.3) is 0 Å². The Morgan fingerprint density at radius 2 is 1.82 bits per heavy atom. The first-order valence-electron chi connectivity index (χ1n) is 11.0. The van der Waals surface area contributed by atoms with Crippen LogP contribution in [0.25, 0.3) is 5.65 Å². The van der Waals surface area contributed by atoms with E-state index in [0.717, 1.165) is 35.7 Å². The molecule has 5 rings (SSSR count). The van der Waals surface area contributed by atoms with E-state index in [1.54, 1.807) is 12.3 Å². The molecule has 1 amide bonds. The van der Waals surface area contributed by atoms with Crippen LogP contribution < -0.4 is 4.90 Å². The van der Waals surface area contributed by atoms with Gasteiger partial charge in [0, 0.05) is 61.6 Å². The summed E-state index contributed by atoms with van der Waals surface area (Å²) in [6.45, 7) is 2.75. The maximum Gasteiger partial charge on any atom is 0.223 e. The maximum atomic E-state index is 14.1. The summed E-state index contributed by atoms with van der Waals surface area (Å²) in [4.78, 5) is 22.0. The fraction of sp³-hybridized carbons (Fsp3) is 0.231. The Labute approximate surface area is 197 Å². The lowest BCUT2D eigenvalue weighted by Crippen LogP contribution is -2.49. The monoisotopic (exact) mass is 462 g/mol. The fourth-order valence-corrected chi connectivity index (χ4v) is 4.70. The summed E-state index contributed by atoms with van der Waals surface area (Å²) in [7, 11) is 0. The van der Waals surface area contributed by atoms with Gasteiger partial charge in [0.05, 0.1) is 5.69 Å². The number of hydrogen-bond donors (Lipinski definition) is 0. The van der Waals surface area contributed by atoms with Gasteiger partial charge in [0.1, 0.15) is 11.5 Å². The summed E-state index contributed by atoms with van der Waals surface area (Å²) in [5, 5.41) is 0.706. The van der Waals surface area contributed by atoms with Crippen LogP contribution in [0, 0.1) is 5.82 Å². The van der Waals surface area contributed by atoms with Crippen LogP contribution in [0.15, 0.2) is 79.1 Å². The highest BCUT2D eigenvalue weighted by Crippen LogP contribution is 2.30. The standard InChI is InChI=1S/C26H24ClFN4O/c27-20-6-4-8-22(16-20)30-11-13-31(14-12-30)26(33)17-23(19-5-3-7-21(28)15-19)24-18-29-25-9-1-2-10-32(24)25/h1-10,15-16,18,23H,11-14,17H2. The van der Waals surface area contributed by atoms with Crippen molar-refractivity contribution in [3.63, 3.8) is 0 Å². The topological polar surface area (TPSA) is 40.9 Å². The summed E-state index contributed by atoms with van der Waals surface area (Å²) >= 11 is 6.14. The van der Waals surface area contributed by atoms with Crippen molar-refractivity contribution in [2.75, 3.05) is 31.1 Å². The normalized spacial score (nSPS) is 15.1. The Morgan fingerprint density at radius 3 is 2.61 bits per heavy atom. The van der Waals surface area contributed by atoms with Gasteiger partial charge in [-0.25, -0.2) is 9.37 Å². The molecule has 7 heteroatoms. The van der Waals surface area contributed by atoms with Crippen molar-refractivity contribution in [1.29, 1.82) is 0 Å². The third-order valence-corrected chi connectivity index (χ3v) is 6.47. The molecule has 168 valence electrons. The highest BCUT2D eigenvalue weighted by atomic mass is 35.5. The van der Waals surface area contributed by atoms with E-state index in [9.17, 15) is 9.18 Å². The maximum absolute atomic E-state index is 14.1. The van der Waals surface area contributed by atoms with E-state index in [1.165, 1.54) is 12.1 Å². The van der Waals surface area contributed by atoms with E-state index in [0.29, 0.717) is 18.1 Å². The minimum atomic E-state index is -0.311. The minimum Gasteiger partial charge on any atom is -0.368 e. The van der Waals surface area contributed by atoms with Crippen molar-refractivity contribution < 1.29 is 9.18 Å². The van der Waals surface area contributed by atoms with Crippen molar-refractivity contribution in [2.24, 2.45) is 0 Å². The molecular formula is C26H24ClFN4O. The Bertz CT molecular complexity index is 1280. The largest absolute Gasteiger partial charge is 0.368 e. The Kier molecular flexibility index (Phi) is 6.01. The second-order valence-corrected chi connectivity index (χ2v) is 8.71. The molecule has 1 aliphatic heterocycles. The van der Waals surface area contributed by atoms with Gasteiger partial charge in [-0.1, -0.05) is 35.9 Å². The lowest BCUT2D eigenvalue weighted by Gasteiger charge is -2.36. The molecule has 1 saturated heterocycles. The van der Waals surface area contributed by atoms with Crippen molar-refractivity contribution >= 4 is 28.8 Å². The van der Waals surface area contributed by atoms with Gasteiger partial charge in [0.2, 0.25) is 5.91 Å². The first-order valence-corrected chi connectivity index (χ1v) is 11.4. The van der Waals surface area contributed by atoms with E-state index < -0.39 is 0 Å². The molecule has 0 aliphatic carbocycles. The molecule has 5 nitrogen and oxygen atoms in total. The second kappa shape index (κ2) is 9.24. The Hall–Kier alpha value is -3.38. The highest BCUT2D eigenvalue weighted by Gasteiger charge is 2.27. The summed E-state index contributed by atoms with van der Waals surface area (Å²) < 4.78 is 16.0. The van der Waals surface area contributed by atoms with Crippen LogP contribution in [0.3, 0.4) is 0 Å². The first-order chi connectivity index (χ1) is 16.1. The molecule has 0 bridgehead atoms. The molecule has 0 radical (unpaired) electrons. The first kappa shape index (κ1) is 21.5. The van der Waals surface area contributed by atoms with Crippen LogP contribution in [0.2, 0.25) is 5.02 Å². The molecule has 1 aliphatic rings. The third kappa shape index (κ3) is 4.57. The zero-order valence-electron chi connectivity index (χ0n) is 18.1. The number of piperazine rings is 1. The number of nitrogens with zero attached hydrogens (tertiary/aromatic N) is 4. The van der Waals surface area contributed by atoms with Gasteiger partial charge in [-0.3, -0.25) is 4.79 Å². The Morgan fingerprint density at radius 1 is 1.00 bits per heavy atom. The van der Waals surface area contributed by atoms with Crippen molar-refractivity contribution in [2.45, 2.75) is 12.3 Å². The van der Waals surface area contributed by atoms with Crippen LogP contribution in [-0.2, 0) is 4.79 Å². The summed E-state index contributed by atoms with van der Waals surface area (Å²) in [6, 6.07) is 20.1. The average molecular weight is 463 g/mol. The summed E-state index contributed by atoms with van der Waals surface area (Å²) in [5.41, 5.74) is 3.52. The van der Waals surface area contributed by atoms with E-state index in [-0.39, 0.29) is 24.1 Å². The molecule has 1 unspecified atom stereocenters. The predicted octanol–water partition coefficient (Wildman–Crippen LogP) is 5.00. The molecule has 2 aromatic carbocycles. The second-order valence-electron chi connectivity index (χ2n) is 8.27. The minimum absolute atomic E-state index is 0.0564. The van der Waals surface area contributed by atoms with Crippen LogP contribution in [-0.4, -0.2) is 46.4 Å². The van der Waals surface area contributed by atoms with Crippen LogP contribution in [0.1, 0.15) is 23.6 Å². The van der Waals surface area contributed by atoms with Gasteiger partial charge < -0.3 is 14.2 Å². The molecule has 2 aromatic heterocycles. The SMILES string of the molecule is O=C(CC(c1cccc(F)c1)c1cnc2ccccn12)N1CCN(c2cccc(Cl)c2)CC1. The van der Waals surface area contributed by atoms with Gasteiger partial charge in [-0.2, -0.15) is 0 Å². The average Bonchev–Trinajstić information content (AvgIpc) is 3.26. The van der Waals surface area contributed by atoms with Crippen LogP contribution in [0.5, 0.6) is 0 Å². The van der Waals surface area contributed by atoms with Gasteiger partial charge in [0.15, 0.2) is 0 Å². The van der Waals surface area contributed by atoms with E-state index in [2.05, 4.69) is 9.88 Å². The smallest absolute Gasteiger partial charge is 0.223 e. The number of anilines is 1. The lowest BCUT2D eigenvalue weighted by molar-refractivity contribution is -0.131. The molecule has 0 spiro atoms. The van der Waals surface area contributed by atoms with Crippen LogP contribution in [0.4, 0.5) is 10.1 Å². The number of aromatic nitrogens is 2. The number of carbonyl (C=O) groups excluding carboxylic acids is 1. The fourth-order valence-electron chi connectivity index (χ4n) is 4.52. The number of halogens is 2. The highest BCUT2D eigenvalue weighted by molar-refractivity contribution is 6.30. The molecular weight excluding hydrogens is 439 g/mol. The number of carbonyl (C=O) groups is 1. The molecule has 0 saturated carbocycles. The van der Waals surface area contributed by atoms with Crippen LogP contribution >= 0.6 is 11.6 Å². The third-order valence-electron chi connectivity index (χ3n) is 6.24. The number of pyridine rings is 1. The number of imidazole rings is 1. The van der Waals surface area contributed by atoms with E-state index in [1.807, 2.05) is 64.0 Å².